The zero-order valence-electron chi connectivity index (χ0n) is 9.56. The Balaban J connectivity index is 2.48. The summed E-state index contributed by atoms with van der Waals surface area (Å²) < 4.78 is 0. The van der Waals surface area contributed by atoms with Gasteiger partial charge in [-0.25, -0.2) is 0 Å². The first kappa shape index (κ1) is 10.6. The summed E-state index contributed by atoms with van der Waals surface area (Å²) >= 11 is 0. The normalized spacial score (nSPS) is 23.7. The van der Waals surface area contributed by atoms with Gasteiger partial charge in [-0.15, -0.1) is 0 Å². The summed E-state index contributed by atoms with van der Waals surface area (Å²) in [4.78, 5) is 2.48. The minimum Gasteiger partial charge on any atom is -0.373 e. The quantitative estimate of drug-likeness (QED) is 0.631. The van der Waals surface area contributed by atoms with Gasteiger partial charge < -0.3 is 4.90 Å². The van der Waals surface area contributed by atoms with E-state index in [0.29, 0.717) is 5.41 Å². The van der Waals surface area contributed by atoms with Crippen LogP contribution >= 0.6 is 0 Å². The van der Waals surface area contributed by atoms with E-state index >= 15 is 0 Å². The van der Waals surface area contributed by atoms with Crippen molar-refractivity contribution in [2.45, 2.75) is 53.0 Å². The molecule has 0 N–H and O–H groups in total. The van der Waals surface area contributed by atoms with Crippen molar-refractivity contribution in [3.8, 4) is 0 Å². The standard InChI is InChI=1S/C12H23N/c1-10-7-6-8-13(10)11(2)9-12(3,4)5/h10H,2,6-9H2,1,3-5H3/t10-/m1/s1. The molecule has 0 radical (unpaired) electrons. The van der Waals surface area contributed by atoms with Crippen molar-refractivity contribution >= 4 is 0 Å². The minimum atomic E-state index is 0.374. The van der Waals surface area contributed by atoms with E-state index in [1.807, 2.05) is 0 Å². The van der Waals surface area contributed by atoms with Crippen molar-refractivity contribution in [3.63, 3.8) is 0 Å². The summed E-state index contributed by atoms with van der Waals surface area (Å²) in [5, 5.41) is 0. The Morgan fingerprint density at radius 1 is 1.46 bits per heavy atom. The van der Waals surface area contributed by atoms with E-state index in [4.69, 9.17) is 0 Å². The molecule has 76 valence electrons. The van der Waals surface area contributed by atoms with Gasteiger partial charge in [-0.2, -0.15) is 0 Å². The molecule has 0 unspecified atom stereocenters. The lowest BCUT2D eigenvalue weighted by Crippen LogP contribution is -2.27. The topological polar surface area (TPSA) is 3.24 Å². The van der Waals surface area contributed by atoms with Gasteiger partial charge >= 0.3 is 0 Å². The molecule has 0 saturated carbocycles. The smallest absolute Gasteiger partial charge is 0.0259 e. The lowest BCUT2D eigenvalue weighted by molar-refractivity contribution is 0.286. The third kappa shape index (κ3) is 3.06. The fraction of sp³-hybridized carbons (Fsp3) is 0.833. The van der Waals surface area contributed by atoms with E-state index in [1.165, 1.54) is 25.1 Å². The Hall–Kier alpha value is -0.460. The molecule has 13 heavy (non-hydrogen) atoms. The fourth-order valence-corrected chi connectivity index (χ4v) is 2.12. The molecule has 0 aromatic carbocycles. The van der Waals surface area contributed by atoms with E-state index in [9.17, 15) is 0 Å². The molecular weight excluding hydrogens is 158 g/mol. The molecule has 0 amide bonds. The van der Waals surface area contributed by atoms with Gasteiger partial charge in [-0.1, -0.05) is 27.4 Å². The van der Waals surface area contributed by atoms with Crippen LogP contribution in [0.3, 0.4) is 0 Å². The van der Waals surface area contributed by atoms with Crippen molar-refractivity contribution in [3.05, 3.63) is 12.3 Å². The molecule has 1 aliphatic rings. The highest BCUT2D eigenvalue weighted by molar-refractivity contribution is 5.01. The lowest BCUT2D eigenvalue weighted by atomic mass is 9.90. The van der Waals surface area contributed by atoms with Crippen molar-refractivity contribution < 1.29 is 0 Å². The van der Waals surface area contributed by atoms with Crippen molar-refractivity contribution in [2.75, 3.05) is 6.54 Å². The van der Waals surface area contributed by atoms with Crippen LogP contribution < -0.4 is 0 Å². The second-order valence-corrected chi connectivity index (χ2v) is 5.49. The number of hydrogen-bond acceptors (Lipinski definition) is 1. The maximum atomic E-state index is 4.20. The average molecular weight is 181 g/mol. The van der Waals surface area contributed by atoms with Gasteiger partial charge in [0.15, 0.2) is 0 Å². The molecular formula is C12H23N. The highest BCUT2D eigenvalue weighted by Crippen LogP contribution is 2.29. The molecule has 1 saturated heterocycles. The molecule has 1 nitrogen and oxygen atoms in total. The van der Waals surface area contributed by atoms with Gasteiger partial charge in [-0.3, -0.25) is 0 Å². The summed E-state index contributed by atoms with van der Waals surface area (Å²) in [6, 6.07) is 0.717. The highest BCUT2D eigenvalue weighted by atomic mass is 15.2. The highest BCUT2D eigenvalue weighted by Gasteiger charge is 2.23. The maximum absolute atomic E-state index is 4.20. The first-order valence-electron chi connectivity index (χ1n) is 5.34. The third-order valence-corrected chi connectivity index (χ3v) is 2.69. The first-order chi connectivity index (χ1) is 5.90. The predicted molar refractivity (Wildman–Crippen MR) is 58.6 cm³/mol. The van der Waals surface area contributed by atoms with E-state index < -0.39 is 0 Å². The molecule has 0 aromatic heterocycles. The largest absolute Gasteiger partial charge is 0.373 e. The summed E-state index contributed by atoms with van der Waals surface area (Å²) in [5.74, 6) is 0. The monoisotopic (exact) mass is 181 g/mol. The number of hydrogen-bond donors (Lipinski definition) is 0. The number of rotatable bonds is 2. The predicted octanol–water partition coefficient (Wildman–Crippen LogP) is 3.42. The SMILES string of the molecule is C=C(CC(C)(C)C)N1CCC[C@H]1C. The fourth-order valence-electron chi connectivity index (χ4n) is 2.12. The van der Waals surface area contributed by atoms with Gasteiger partial charge in [0, 0.05) is 18.3 Å². The van der Waals surface area contributed by atoms with Gasteiger partial charge in [0.2, 0.25) is 0 Å². The van der Waals surface area contributed by atoms with Gasteiger partial charge in [0.05, 0.1) is 0 Å². The van der Waals surface area contributed by atoms with E-state index in [2.05, 4.69) is 39.2 Å². The molecule has 1 rings (SSSR count). The summed E-state index contributed by atoms with van der Waals surface area (Å²) in [6.07, 6.45) is 3.80. The summed E-state index contributed by atoms with van der Waals surface area (Å²) in [7, 11) is 0. The van der Waals surface area contributed by atoms with E-state index in [0.717, 1.165) is 12.5 Å². The number of likely N-dealkylation sites (tertiary alicyclic amines) is 1. The third-order valence-electron chi connectivity index (χ3n) is 2.69. The first-order valence-corrected chi connectivity index (χ1v) is 5.34. The Bertz CT molecular complexity index is 188. The lowest BCUT2D eigenvalue weighted by Gasteiger charge is -2.30. The van der Waals surface area contributed by atoms with Crippen molar-refractivity contribution in [1.29, 1.82) is 0 Å². The Morgan fingerprint density at radius 3 is 2.46 bits per heavy atom. The zero-order valence-corrected chi connectivity index (χ0v) is 9.56. The van der Waals surface area contributed by atoms with Crippen LogP contribution in [0.1, 0.15) is 47.0 Å². The molecule has 1 aliphatic heterocycles. The molecule has 1 heterocycles. The molecule has 0 spiro atoms. The minimum absolute atomic E-state index is 0.374. The molecule has 0 aliphatic carbocycles. The molecule has 0 aromatic rings. The maximum Gasteiger partial charge on any atom is 0.0259 e. The van der Waals surface area contributed by atoms with Crippen LogP contribution in [-0.2, 0) is 0 Å². The second-order valence-electron chi connectivity index (χ2n) is 5.49. The van der Waals surface area contributed by atoms with Crippen LogP contribution in [0.15, 0.2) is 12.3 Å². The van der Waals surface area contributed by atoms with Gasteiger partial charge in [0.25, 0.3) is 0 Å². The van der Waals surface area contributed by atoms with E-state index in [1.54, 1.807) is 0 Å². The summed E-state index contributed by atoms with van der Waals surface area (Å²) in [5.41, 5.74) is 1.71. The molecule has 1 atom stereocenters. The molecule has 1 heteroatoms. The molecule has 0 bridgehead atoms. The zero-order chi connectivity index (χ0) is 10.1. The van der Waals surface area contributed by atoms with E-state index in [-0.39, 0.29) is 0 Å². The van der Waals surface area contributed by atoms with Crippen molar-refractivity contribution in [2.24, 2.45) is 5.41 Å². The van der Waals surface area contributed by atoms with Crippen LogP contribution in [0, 0.1) is 5.41 Å². The number of nitrogens with zero attached hydrogens (tertiary/aromatic N) is 1. The van der Waals surface area contributed by atoms with Crippen LogP contribution in [-0.4, -0.2) is 17.5 Å². The van der Waals surface area contributed by atoms with Crippen LogP contribution in [0.25, 0.3) is 0 Å². The summed E-state index contributed by atoms with van der Waals surface area (Å²) in [6.45, 7) is 14.6. The Kier molecular flexibility index (Phi) is 3.05. The average Bonchev–Trinajstić information content (AvgIpc) is 2.30. The van der Waals surface area contributed by atoms with Crippen molar-refractivity contribution in [1.82, 2.24) is 4.90 Å². The Morgan fingerprint density at radius 2 is 2.08 bits per heavy atom. The van der Waals surface area contributed by atoms with Gasteiger partial charge in [0.1, 0.15) is 0 Å². The second kappa shape index (κ2) is 3.73. The molecule has 1 fully saturated rings. The van der Waals surface area contributed by atoms with Crippen LogP contribution in [0.2, 0.25) is 0 Å². The Labute approximate surface area is 82.8 Å². The number of allylic oxidation sites excluding steroid dienone is 1. The van der Waals surface area contributed by atoms with Crippen LogP contribution in [0.4, 0.5) is 0 Å². The van der Waals surface area contributed by atoms with Gasteiger partial charge in [-0.05, 0) is 31.6 Å². The van der Waals surface area contributed by atoms with Crippen LogP contribution in [0.5, 0.6) is 0 Å².